The summed E-state index contributed by atoms with van der Waals surface area (Å²) in [6, 6.07) is 11.5. The summed E-state index contributed by atoms with van der Waals surface area (Å²) in [6.07, 6.45) is 2.64. The molecule has 158 valence electrons. The summed E-state index contributed by atoms with van der Waals surface area (Å²) < 4.78 is 18.4. The van der Waals surface area contributed by atoms with Gasteiger partial charge >= 0.3 is 5.97 Å². The zero-order valence-electron chi connectivity index (χ0n) is 16.3. The molecule has 0 aliphatic heterocycles. The fraction of sp³-hybridized carbons (Fsp3) is 0.0909. The average molecular weight is 440 g/mol. The van der Waals surface area contributed by atoms with E-state index in [1.165, 1.54) is 54.6 Å². The fourth-order valence-corrected chi connectivity index (χ4v) is 3.73. The summed E-state index contributed by atoms with van der Waals surface area (Å²) in [5.74, 6) is -1.54. The minimum absolute atomic E-state index is 0.0886. The minimum Gasteiger partial charge on any atom is -0.462 e. The van der Waals surface area contributed by atoms with Crippen LogP contribution in [0.15, 0.2) is 60.0 Å². The molecule has 0 unspecified atom stereocenters. The Bertz CT molecular complexity index is 1150. The molecular formula is C22H17FN2O5S. The minimum atomic E-state index is -0.610. The monoisotopic (exact) mass is 440 g/mol. The number of nitrogens with zero attached hydrogens (tertiary/aromatic N) is 1. The van der Waals surface area contributed by atoms with Gasteiger partial charge in [-0.2, -0.15) is 0 Å². The number of hydrogen-bond acceptors (Lipinski definition) is 6. The maximum Gasteiger partial charge on any atom is 0.341 e. The van der Waals surface area contributed by atoms with Gasteiger partial charge in [0, 0.05) is 29.2 Å². The predicted octanol–water partition coefficient (Wildman–Crippen LogP) is 5.29. The molecule has 0 saturated carbocycles. The number of nitro groups is 1. The Morgan fingerprint density at radius 1 is 1.23 bits per heavy atom. The molecule has 0 atom stereocenters. The van der Waals surface area contributed by atoms with Crippen LogP contribution in [0.2, 0.25) is 0 Å². The van der Waals surface area contributed by atoms with Gasteiger partial charge in [0.2, 0.25) is 5.91 Å². The molecule has 0 aliphatic rings. The van der Waals surface area contributed by atoms with E-state index in [2.05, 4.69) is 5.32 Å². The highest BCUT2D eigenvalue weighted by atomic mass is 32.1. The first-order valence-electron chi connectivity index (χ1n) is 9.17. The first-order chi connectivity index (χ1) is 14.9. The van der Waals surface area contributed by atoms with E-state index < -0.39 is 22.6 Å². The number of halogens is 1. The van der Waals surface area contributed by atoms with Gasteiger partial charge in [-0.25, -0.2) is 9.18 Å². The number of carbonyl (C=O) groups excluding carboxylic acids is 2. The molecule has 2 aromatic carbocycles. The van der Waals surface area contributed by atoms with Crippen LogP contribution in [0.3, 0.4) is 0 Å². The van der Waals surface area contributed by atoms with Crippen molar-refractivity contribution in [3.05, 3.63) is 87.0 Å². The molecule has 1 amide bonds. The van der Waals surface area contributed by atoms with Gasteiger partial charge in [-0.05, 0) is 36.3 Å². The molecule has 31 heavy (non-hydrogen) atoms. The second-order valence-electron chi connectivity index (χ2n) is 6.26. The normalized spacial score (nSPS) is 10.8. The lowest BCUT2D eigenvalue weighted by Crippen LogP contribution is -2.12. The Balaban J connectivity index is 1.85. The zero-order chi connectivity index (χ0) is 22.4. The average Bonchev–Trinajstić information content (AvgIpc) is 3.16. The van der Waals surface area contributed by atoms with Crippen molar-refractivity contribution in [2.45, 2.75) is 6.92 Å². The van der Waals surface area contributed by atoms with E-state index >= 15 is 0 Å². The van der Waals surface area contributed by atoms with E-state index in [9.17, 15) is 24.1 Å². The van der Waals surface area contributed by atoms with Crippen molar-refractivity contribution in [2.75, 3.05) is 11.9 Å². The summed E-state index contributed by atoms with van der Waals surface area (Å²) in [5, 5.41) is 15.5. The van der Waals surface area contributed by atoms with Crippen LogP contribution < -0.4 is 5.32 Å². The number of rotatable bonds is 7. The van der Waals surface area contributed by atoms with Gasteiger partial charge in [-0.1, -0.05) is 24.3 Å². The second-order valence-corrected chi connectivity index (χ2v) is 7.14. The second kappa shape index (κ2) is 9.77. The van der Waals surface area contributed by atoms with E-state index in [0.717, 1.165) is 11.3 Å². The van der Waals surface area contributed by atoms with Crippen molar-refractivity contribution >= 4 is 40.0 Å². The van der Waals surface area contributed by atoms with E-state index in [1.54, 1.807) is 18.4 Å². The molecule has 0 saturated heterocycles. The number of benzene rings is 2. The van der Waals surface area contributed by atoms with Crippen molar-refractivity contribution in [3.8, 4) is 11.1 Å². The summed E-state index contributed by atoms with van der Waals surface area (Å²) >= 11 is 1.14. The molecule has 1 N–H and O–H groups in total. The molecule has 0 aliphatic carbocycles. The van der Waals surface area contributed by atoms with Crippen LogP contribution in [0.5, 0.6) is 0 Å². The Hall–Kier alpha value is -3.85. The quantitative estimate of drug-likeness (QED) is 0.233. The van der Waals surface area contributed by atoms with Crippen LogP contribution in [0.4, 0.5) is 15.1 Å². The van der Waals surface area contributed by atoms with E-state index in [1.807, 2.05) is 0 Å². The first kappa shape index (κ1) is 21.8. The summed E-state index contributed by atoms with van der Waals surface area (Å²) in [4.78, 5) is 35.3. The number of carbonyl (C=O) groups is 2. The maximum atomic E-state index is 13.3. The van der Waals surface area contributed by atoms with Gasteiger partial charge in [0.25, 0.3) is 5.69 Å². The first-order valence-corrected chi connectivity index (χ1v) is 10.0. The van der Waals surface area contributed by atoms with Crippen LogP contribution >= 0.6 is 11.3 Å². The van der Waals surface area contributed by atoms with Gasteiger partial charge < -0.3 is 10.1 Å². The zero-order valence-corrected chi connectivity index (χ0v) is 17.1. The molecule has 7 nitrogen and oxygen atoms in total. The molecule has 0 fully saturated rings. The molecule has 1 heterocycles. The van der Waals surface area contributed by atoms with Crippen molar-refractivity contribution in [3.63, 3.8) is 0 Å². The smallest absolute Gasteiger partial charge is 0.341 e. The Labute approximate surface area is 180 Å². The third kappa shape index (κ3) is 5.40. The van der Waals surface area contributed by atoms with Crippen molar-refractivity contribution < 1.29 is 23.6 Å². The van der Waals surface area contributed by atoms with Gasteiger partial charge in [-0.15, -0.1) is 11.3 Å². The lowest BCUT2D eigenvalue weighted by molar-refractivity contribution is -0.384. The van der Waals surface area contributed by atoms with E-state index in [4.69, 9.17) is 4.74 Å². The lowest BCUT2D eigenvalue weighted by Gasteiger charge is -2.08. The van der Waals surface area contributed by atoms with Gasteiger partial charge in [0.15, 0.2) is 0 Å². The SMILES string of the molecule is CCOC(=O)c1c(-c2ccc(F)cc2)csc1NC(=O)C=Cc1cccc([N+](=O)[O-])c1. The molecule has 3 aromatic rings. The lowest BCUT2D eigenvalue weighted by atomic mass is 10.0. The molecular weight excluding hydrogens is 423 g/mol. The molecule has 9 heteroatoms. The topological polar surface area (TPSA) is 98.5 Å². The third-order valence-electron chi connectivity index (χ3n) is 4.17. The van der Waals surface area contributed by atoms with Crippen molar-refractivity contribution in [1.82, 2.24) is 0 Å². The van der Waals surface area contributed by atoms with Crippen LogP contribution in [0.1, 0.15) is 22.8 Å². The largest absolute Gasteiger partial charge is 0.462 e. The van der Waals surface area contributed by atoms with Crippen LogP contribution in [0.25, 0.3) is 17.2 Å². The summed E-state index contributed by atoms with van der Waals surface area (Å²) in [6.45, 7) is 1.82. The number of hydrogen-bond donors (Lipinski definition) is 1. The summed E-state index contributed by atoms with van der Waals surface area (Å²) in [7, 11) is 0. The van der Waals surface area contributed by atoms with Crippen LogP contribution in [0, 0.1) is 15.9 Å². The number of thiophene rings is 1. The Morgan fingerprint density at radius 2 is 1.97 bits per heavy atom. The number of ether oxygens (including phenoxy) is 1. The number of non-ortho nitro benzene ring substituents is 1. The van der Waals surface area contributed by atoms with E-state index in [0.29, 0.717) is 16.7 Å². The maximum absolute atomic E-state index is 13.3. The predicted molar refractivity (Wildman–Crippen MR) is 116 cm³/mol. The van der Waals surface area contributed by atoms with Crippen LogP contribution in [-0.4, -0.2) is 23.4 Å². The standard InChI is InChI=1S/C22H17FN2O5S/c1-2-30-22(27)20-18(15-7-9-16(23)10-8-15)13-31-21(20)24-19(26)11-6-14-4-3-5-17(12-14)25(28)29/h3-13H,2H2,1H3,(H,24,26). The molecule has 3 rings (SSSR count). The molecule has 0 spiro atoms. The Morgan fingerprint density at radius 3 is 2.65 bits per heavy atom. The van der Waals surface area contributed by atoms with Crippen molar-refractivity contribution in [2.24, 2.45) is 0 Å². The van der Waals surface area contributed by atoms with Crippen LogP contribution in [-0.2, 0) is 9.53 Å². The fourth-order valence-electron chi connectivity index (χ4n) is 2.77. The highest BCUT2D eigenvalue weighted by Crippen LogP contribution is 2.36. The highest BCUT2D eigenvalue weighted by molar-refractivity contribution is 7.15. The third-order valence-corrected chi connectivity index (χ3v) is 5.07. The summed E-state index contributed by atoms with van der Waals surface area (Å²) in [5.41, 5.74) is 1.69. The number of anilines is 1. The highest BCUT2D eigenvalue weighted by Gasteiger charge is 2.22. The van der Waals surface area contributed by atoms with E-state index in [-0.39, 0.29) is 22.9 Å². The number of amides is 1. The Kier molecular flexibility index (Phi) is 6.88. The van der Waals surface area contributed by atoms with Gasteiger partial charge in [-0.3, -0.25) is 14.9 Å². The molecule has 0 radical (unpaired) electrons. The number of nitro benzene ring substituents is 1. The van der Waals surface area contributed by atoms with Crippen molar-refractivity contribution in [1.29, 1.82) is 0 Å². The number of esters is 1. The molecule has 1 aromatic heterocycles. The number of nitrogens with one attached hydrogen (secondary N) is 1. The van der Waals surface area contributed by atoms with Gasteiger partial charge in [0.1, 0.15) is 16.4 Å². The molecule has 0 bridgehead atoms. The van der Waals surface area contributed by atoms with Gasteiger partial charge in [0.05, 0.1) is 11.5 Å².